The fraction of sp³-hybridized carbons (Fsp3) is 0.636. The Morgan fingerprint density at radius 3 is 2.45 bits per heavy atom. The van der Waals surface area contributed by atoms with Crippen LogP contribution in [0, 0.1) is 11.8 Å². The Labute approximate surface area is 184 Å². The Hall–Kier alpha value is -2.13. The van der Waals surface area contributed by atoms with Crippen molar-refractivity contribution in [1.82, 2.24) is 14.9 Å². The summed E-state index contributed by atoms with van der Waals surface area (Å²) < 4.78 is 32.6. The van der Waals surface area contributed by atoms with Gasteiger partial charge in [-0.25, -0.2) is 8.42 Å². The average Bonchev–Trinajstić information content (AvgIpc) is 3.60. The number of carbonyl (C=O) groups is 2. The highest BCUT2D eigenvalue weighted by Gasteiger charge is 2.36. The van der Waals surface area contributed by atoms with E-state index in [1.54, 1.807) is 12.1 Å². The first kappa shape index (κ1) is 23.5. The van der Waals surface area contributed by atoms with Crippen molar-refractivity contribution >= 4 is 21.8 Å². The first-order valence-corrected chi connectivity index (χ1v) is 12.4. The molecule has 0 bridgehead atoms. The molecule has 1 heterocycles. The van der Waals surface area contributed by atoms with E-state index in [4.69, 9.17) is 4.74 Å². The molecule has 1 aliphatic carbocycles. The predicted octanol–water partition coefficient (Wildman–Crippen LogP) is 1.91. The summed E-state index contributed by atoms with van der Waals surface area (Å²) in [5, 5.41) is 5.88. The number of sulfonamides is 1. The maximum atomic E-state index is 13.1. The second-order valence-corrected chi connectivity index (χ2v) is 10.5. The molecule has 1 aromatic rings. The molecule has 0 radical (unpaired) electrons. The number of ether oxygens (including phenoxy) is 1. The molecule has 2 fully saturated rings. The van der Waals surface area contributed by atoms with E-state index in [9.17, 15) is 18.0 Å². The molecule has 2 aliphatic rings. The lowest BCUT2D eigenvalue weighted by Crippen LogP contribution is -2.54. The summed E-state index contributed by atoms with van der Waals surface area (Å²) in [6, 6.07) is 5.85. The number of methoxy groups -OCH3 is 1. The normalized spacial score (nSPS) is 21.7. The molecule has 0 aromatic heterocycles. The van der Waals surface area contributed by atoms with Crippen LogP contribution in [-0.4, -0.2) is 56.8 Å². The Morgan fingerprint density at radius 2 is 1.87 bits per heavy atom. The van der Waals surface area contributed by atoms with Crippen molar-refractivity contribution in [2.24, 2.45) is 11.8 Å². The van der Waals surface area contributed by atoms with Crippen LogP contribution in [0.15, 0.2) is 29.2 Å². The number of benzene rings is 1. The maximum absolute atomic E-state index is 13.1. The SMILES string of the molecule is CC[C@@H](C)[C@H](NC(=O)[C@H]1CCCN(S(=O)(=O)c2ccc(OC)cc2)C1)C(=O)NC1CC1. The minimum atomic E-state index is -3.71. The summed E-state index contributed by atoms with van der Waals surface area (Å²) >= 11 is 0. The molecule has 1 saturated carbocycles. The van der Waals surface area contributed by atoms with Crippen LogP contribution in [-0.2, 0) is 19.6 Å². The number of hydrogen-bond donors (Lipinski definition) is 2. The van der Waals surface area contributed by atoms with Crippen molar-refractivity contribution in [3.8, 4) is 5.75 Å². The molecular formula is C22H33N3O5S. The van der Waals surface area contributed by atoms with Crippen LogP contribution >= 0.6 is 0 Å². The highest BCUT2D eigenvalue weighted by Crippen LogP contribution is 2.26. The quantitative estimate of drug-likeness (QED) is 0.597. The van der Waals surface area contributed by atoms with Gasteiger partial charge in [0.05, 0.1) is 17.9 Å². The van der Waals surface area contributed by atoms with Gasteiger partial charge in [0.2, 0.25) is 21.8 Å². The van der Waals surface area contributed by atoms with Gasteiger partial charge in [0.1, 0.15) is 11.8 Å². The van der Waals surface area contributed by atoms with Crippen LogP contribution in [0.4, 0.5) is 0 Å². The van der Waals surface area contributed by atoms with Crippen molar-refractivity contribution < 1.29 is 22.7 Å². The van der Waals surface area contributed by atoms with E-state index in [2.05, 4.69) is 10.6 Å². The maximum Gasteiger partial charge on any atom is 0.243 e. The summed E-state index contributed by atoms with van der Waals surface area (Å²) in [6.07, 6.45) is 3.90. The van der Waals surface area contributed by atoms with Gasteiger partial charge in [-0.1, -0.05) is 20.3 Å². The molecule has 0 unspecified atom stereocenters. The van der Waals surface area contributed by atoms with Crippen LogP contribution < -0.4 is 15.4 Å². The van der Waals surface area contributed by atoms with E-state index in [-0.39, 0.29) is 35.2 Å². The van der Waals surface area contributed by atoms with E-state index in [0.29, 0.717) is 25.1 Å². The molecule has 9 heteroatoms. The van der Waals surface area contributed by atoms with E-state index in [0.717, 1.165) is 19.3 Å². The lowest BCUT2D eigenvalue weighted by molar-refractivity contribution is -0.133. The molecule has 1 aromatic carbocycles. The van der Waals surface area contributed by atoms with Crippen molar-refractivity contribution in [1.29, 1.82) is 0 Å². The van der Waals surface area contributed by atoms with E-state index in [1.165, 1.54) is 23.5 Å². The van der Waals surface area contributed by atoms with Gasteiger partial charge in [-0.3, -0.25) is 9.59 Å². The number of nitrogens with zero attached hydrogens (tertiary/aromatic N) is 1. The highest BCUT2D eigenvalue weighted by atomic mass is 32.2. The molecule has 3 rings (SSSR count). The molecule has 2 N–H and O–H groups in total. The standard InChI is InChI=1S/C22H33N3O5S/c1-4-15(2)20(22(27)23-17-7-8-17)24-21(26)16-6-5-13-25(14-16)31(28,29)19-11-9-18(30-3)10-12-19/h9-12,15-17,20H,4-8,13-14H2,1-3H3,(H,23,27)(H,24,26)/t15-,16+,20+/m1/s1. The average molecular weight is 452 g/mol. The zero-order chi connectivity index (χ0) is 22.6. The third-order valence-electron chi connectivity index (χ3n) is 6.17. The minimum Gasteiger partial charge on any atom is -0.497 e. The lowest BCUT2D eigenvalue weighted by Gasteiger charge is -2.33. The fourth-order valence-electron chi connectivity index (χ4n) is 3.76. The molecule has 2 amide bonds. The van der Waals surface area contributed by atoms with Crippen LogP contribution in [0.2, 0.25) is 0 Å². The van der Waals surface area contributed by atoms with E-state index >= 15 is 0 Å². The van der Waals surface area contributed by atoms with E-state index in [1.807, 2.05) is 13.8 Å². The second kappa shape index (κ2) is 9.99. The molecule has 1 aliphatic heterocycles. The van der Waals surface area contributed by atoms with Gasteiger partial charge >= 0.3 is 0 Å². The summed E-state index contributed by atoms with van der Waals surface area (Å²) in [6.45, 7) is 4.41. The van der Waals surface area contributed by atoms with Gasteiger partial charge in [0, 0.05) is 19.1 Å². The Balaban J connectivity index is 1.67. The van der Waals surface area contributed by atoms with Crippen molar-refractivity contribution in [3.05, 3.63) is 24.3 Å². The molecule has 172 valence electrons. The van der Waals surface area contributed by atoms with Gasteiger partial charge < -0.3 is 15.4 Å². The van der Waals surface area contributed by atoms with Crippen molar-refractivity contribution in [3.63, 3.8) is 0 Å². The van der Waals surface area contributed by atoms with Crippen LogP contribution in [0.5, 0.6) is 5.75 Å². The number of amides is 2. The molecule has 1 saturated heterocycles. The number of carbonyl (C=O) groups excluding carboxylic acids is 2. The summed E-state index contributed by atoms with van der Waals surface area (Å²) in [5.41, 5.74) is 0. The molecular weight excluding hydrogens is 418 g/mol. The van der Waals surface area contributed by atoms with Crippen molar-refractivity contribution in [2.45, 2.75) is 62.9 Å². The highest BCUT2D eigenvalue weighted by molar-refractivity contribution is 7.89. The molecule has 3 atom stereocenters. The van der Waals surface area contributed by atoms with E-state index < -0.39 is 22.0 Å². The zero-order valence-electron chi connectivity index (χ0n) is 18.5. The monoisotopic (exact) mass is 451 g/mol. The zero-order valence-corrected chi connectivity index (χ0v) is 19.3. The van der Waals surface area contributed by atoms with Crippen LogP contribution in [0.3, 0.4) is 0 Å². The Bertz CT molecular complexity index is 883. The topological polar surface area (TPSA) is 105 Å². The van der Waals surface area contributed by atoms with Gasteiger partial charge in [-0.05, 0) is 55.9 Å². The molecule has 31 heavy (non-hydrogen) atoms. The largest absolute Gasteiger partial charge is 0.497 e. The van der Waals surface area contributed by atoms with Crippen LogP contribution in [0.1, 0.15) is 46.0 Å². The third kappa shape index (κ3) is 5.77. The lowest BCUT2D eigenvalue weighted by atomic mass is 9.95. The summed E-state index contributed by atoms with van der Waals surface area (Å²) in [7, 11) is -2.19. The number of rotatable bonds is 9. The predicted molar refractivity (Wildman–Crippen MR) is 117 cm³/mol. The van der Waals surface area contributed by atoms with Crippen molar-refractivity contribution in [2.75, 3.05) is 20.2 Å². The van der Waals surface area contributed by atoms with Crippen LogP contribution in [0.25, 0.3) is 0 Å². The first-order chi connectivity index (χ1) is 14.8. The van der Waals surface area contributed by atoms with Gasteiger partial charge in [-0.15, -0.1) is 0 Å². The number of hydrogen-bond acceptors (Lipinski definition) is 5. The fourth-order valence-corrected chi connectivity index (χ4v) is 5.29. The molecule has 0 spiro atoms. The second-order valence-electron chi connectivity index (χ2n) is 8.53. The smallest absolute Gasteiger partial charge is 0.243 e. The van der Waals surface area contributed by atoms with Gasteiger partial charge in [-0.2, -0.15) is 4.31 Å². The molecule has 8 nitrogen and oxygen atoms in total. The number of piperidine rings is 1. The minimum absolute atomic E-state index is 0.00887. The third-order valence-corrected chi connectivity index (χ3v) is 8.05. The summed E-state index contributed by atoms with van der Waals surface area (Å²) in [5.74, 6) is -0.322. The van der Waals surface area contributed by atoms with Gasteiger partial charge in [0.15, 0.2) is 0 Å². The number of nitrogens with one attached hydrogen (secondary N) is 2. The first-order valence-electron chi connectivity index (χ1n) is 11.0. The Morgan fingerprint density at radius 1 is 1.19 bits per heavy atom. The Kier molecular flexibility index (Phi) is 7.59. The summed E-state index contributed by atoms with van der Waals surface area (Å²) in [4.78, 5) is 25.8. The van der Waals surface area contributed by atoms with Gasteiger partial charge in [0.25, 0.3) is 0 Å².